The van der Waals surface area contributed by atoms with Crippen LogP contribution in [0.4, 0.5) is 10.1 Å². The molecule has 1 heterocycles. The molecule has 2 aromatic carbocycles. The van der Waals surface area contributed by atoms with Crippen molar-refractivity contribution in [1.82, 2.24) is 4.98 Å². The van der Waals surface area contributed by atoms with Gasteiger partial charge in [0.25, 0.3) is 0 Å². The number of halogens is 2. The van der Waals surface area contributed by atoms with Crippen LogP contribution in [0.15, 0.2) is 57.4 Å². The van der Waals surface area contributed by atoms with E-state index in [-0.39, 0.29) is 18.1 Å². The van der Waals surface area contributed by atoms with Crippen LogP contribution in [0.1, 0.15) is 11.5 Å². The number of nitrogens with zero attached hydrogens (tertiary/aromatic N) is 1. The van der Waals surface area contributed by atoms with Gasteiger partial charge in [-0.15, -0.1) is 0 Å². The van der Waals surface area contributed by atoms with Crippen molar-refractivity contribution in [3.05, 3.63) is 70.3 Å². The van der Waals surface area contributed by atoms with Gasteiger partial charge >= 0.3 is 0 Å². The van der Waals surface area contributed by atoms with E-state index in [4.69, 9.17) is 4.42 Å². The zero-order chi connectivity index (χ0) is 17.1. The molecular formula is C18H14BrFN2O2. The number of nitrogens with one attached hydrogen (secondary N) is 1. The molecule has 0 fully saturated rings. The summed E-state index contributed by atoms with van der Waals surface area (Å²) in [4.78, 5) is 16.5. The standard InChI is InChI=1S/C18H14BrFN2O2/c1-11-16(10-17(23)21-15-8-3-2-7-14(15)19)22-18(24-11)12-5-4-6-13(20)9-12/h2-9H,10H2,1H3,(H,21,23). The summed E-state index contributed by atoms with van der Waals surface area (Å²) in [6.07, 6.45) is 0.0754. The number of rotatable bonds is 4. The fraction of sp³-hybridized carbons (Fsp3) is 0.111. The van der Waals surface area contributed by atoms with Gasteiger partial charge in [0.1, 0.15) is 11.6 Å². The number of oxazole rings is 1. The number of benzene rings is 2. The van der Waals surface area contributed by atoms with Gasteiger partial charge in [0, 0.05) is 10.0 Å². The minimum atomic E-state index is -0.364. The number of carbonyl (C=O) groups excluding carboxylic acids is 1. The molecule has 0 atom stereocenters. The summed E-state index contributed by atoms with van der Waals surface area (Å²) in [5.74, 6) is 0.271. The maximum Gasteiger partial charge on any atom is 0.230 e. The molecule has 4 nitrogen and oxygen atoms in total. The van der Waals surface area contributed by atoms with Crippen LogP contribution >= 0.6 is 15.9 Å². The molecule has 122 valence electrons. The van der Waals surface area contributed by atoms with Gasteiger partial charge in [-0.05, 0) is 53.2 Å². The van der Waals surface area contributed by atoms with Crippen LogP contribution in [0.3, 0.4) is 0 Å². The van der Waals surface area contributed by atoms with Gasteiger partial charge in [-0.2, -0.15) is 0 Å². The summed E-state index contributed by atoms with van der Waals surface area (Å²) in [5.41, 5.74) is 1.75. The highest BCUT2D eigenvalue weighted by molar-refractivity contribution is 9.10. The van der Waals surface area contributed by atoms with Gasteiger partial charge in [0.05, 0.1) is 17.8 Å². The third-order valence-electron chi connectivity index (χ3n) is 3.44. The number of aryl methyl sites for hydroxylation is 1. The van der Waals surface area contributed by atoms with Gasteiger partial charge < -0.3 is 9.73 Å². The van der Waals surface area contributed by atoms with Crippen LogP contribution in [-0.4, -0.2) is 10.9 Å². The zero-order valence-corrected chi connectivity index (χ0v) is 14.4. The van der Waals surface area contributed by atoms with Gasteiger partial charge in [-0.1, -0.05) is 18.2 Å². The lowest BCUT2D eigenvalue weighted by Crippen LogP contribution is -2.15. The molecule has 24 heavy (non-hydrogen) atoms. The Bertz CT molecular complexity index is 892. The van der Waals surface area contributed by atoms with Crippen LogP contribution in [0.5, 0.6) is 0 Å². The van der Waals surface area contributed by atoms with Crippen molar-refractivity contribution in [2.45, 2.75) is 13.3 Å². The van der Waals surface area contributed by atoms with Gasteiger partial charge in [0.2, 0.25) is 11.8 Å². The van der Waals surface area contributed by atoms with Crippen molar-refractivity contribution < 1.29 is 13.6 Å². The largest absolute Gasteiger partial charge is 0.441 e. The van der Waals surface area contributed by atoms with Crippen molar-refractivity contribution in [1.29, 1.82) is 0 Å². The summed E-state index contributed by atoms with van der Waals surface area (Å²) in [6.45, 7) is 1.73. The molecule has 1 aromatic heterocycles. The van der Waals surface area contributed by atoms with Crippen LogP contribution in [0.25, 0.3) is 11.5 Å². The second-order valence-corrected chi connectivity index (χ2v) is 6.09. The highest BCUT2D eigenvalue weighted by atomic mass is 79.9. The summed E-state index contributed by atoms with van der Waals surface area (Å²) in [5, 5.41) is 2.82. The molecule has 1 N–H and O–H groups in total. The first kappa shape index (κ1) is 16.4. The van der Waals surface area contributed by atoms with Gasteiger partial charge in [-0.25, -0.2) is 9.37 Å². The Morgan fingerprint density at radius 2 is 2.04 bits per heavy atom. The molecule has 0 unspecified atom stereocenters. The third-order valence-corrected chi connectivity index (χ3v) is 4.13. The number of aromatic nitrogens is 1. The lowest BCUT2D eigenvalue weighted by molar-refractivity contribution is -0.115. The van der Waals surface area contributed by atoms with E-state index in [2.05, 4.69) is 26.2 Å². The summed E-state index contributed by atoms with van der Waals surface area (Å²) >= 11 is 3.38. The Kier molecular flexibility index (Phi) is 4.76. The van der Waals surface area contributed by atoms with Crippen molar-refractivity contribution in [2.75, 3.05) is 5.32 Å². The van der Waals surface area contributed by atoms with E-state index in [1.54, 1.807) is 25.1 Å². The molecule has 3 rings (SSSR count). The number of anilines is 1. The van der Waals surface area contributed by atoms with Gasteiger partial charge in [0.15, 0.2) is 0 Å². The Morgan fingerprint density at radius 1 is 1.25 bits per heavy atom. The molecule has 0 aliphatic rings. The van der Waals surface area contributed by atoms with E-state index in [0.29, 0.717) is 28.6 Å². The summed E-state index contributed by atoms with van der Waals surface area (Å²) < 4.78 is 19.7. The van der Waals surface area contributed by atoms with Crippen molar-refractivity contribution in [3.63, 3.8) is 0 Å². The van der Waals surface area contributed by atoms with E-state index in [1.165, 1.54) is 12.1 Å². The van der Waals surface area contributed by atoms with Crippen molar-refractivity contribution in [2.24, 2.45) is 0 Å². The molecule has 0 saturated heterocycles. The second kappa shape index (κ2) is 6.97. The fourth-order valence-corrected chi connectivity index (χ4v) is 2.63. The van der Waals surface area contributed by atoms with E-state index in [1.807, 2.05) is 18.2 Å². The van der Waals surface area contributed by atoms with Crippen molar-refractivity contribution in [3.8, 4) is 11.5 Å². The molecule has 0 saturated carbocycles. The number of hydrogen-bond donors (Lipinski definition) is 1. The summed E-state index contributed by atoms with van der Waals surface area (Å²) in [6, 6.07) is 13.3. The van der Waals surface area contributed by atoms with Crippen LogP contribution < -0.4 is 5.32 Å². The Balaban J connectivity index is 1.76. The van der Waals surface area contributed by atoms with E-state index in [0.717, 1.165) is 4.47 Å². The second-order valence-electron chi connectivity index (χ2n) is 5.24. The smallest absolute Gasteiger partial charge is 0.230 e. The maximum atomic E-state index is 13.3. The predicted octanol–water partition coefficient (Wildman–Crippen LogP) is 4.73. The Labute approximate surface area is 146 Å². The minimum absolute atomic E-state index is 0.0754. The zero-order valence-electron chi connectivity index (χ0n) is 12.8. The maximum absolute atomic E-state index is 13.3. The van der Waals surface area contributed by atoms with Crippen LogP contribution in [0.2, 0.25) is 0 Å². The molecule has 0 aliphatic heterocycles. The van der Waals surface area contributed by atoms with Crippen LogP contribution in [-0.2, 0) is 11.2 Å². The fourth-order valence-electron chi connectivity index (χ4n) is 2.25. The third kappa shape index (κ3) is 3.71. The van der Waals surface area contributed by atoms with Crippen LogP contribution in [0, 0.1) is 12.7 Å². The van der Waals surface area contributed by atoms with E-state index >= 15 is 0 Å². The van der Waals surface area contributed by atoms with Gasteiger partial charge in [-0.3, -0.25) is 4.79 Å². The highest BCUT2D eigenvalue weighted by Crippen LogP contribution is 2.24. The number of para-hydroxylation sites is 1. The molecule has 6 heteroatoms. The average Bonchev–Trinajstić information content (AvgIpc) is 2.90. The molecule has 0 spiro atoms. The molecule has 1 amide bonds. The lowest BCUT2D eigenvalue weighted by Gasteiger charge is -2.06. The normalized spacial score (nSPS) is 10.6. The first-order valence-electron chi connectivity index (χ1n) is 7.29. The highest BCUT2D eigenvalue weighted by Gasteiger charge is 2.15. The lowest BCUT2D eigenvalue weighted by atomic mass is 10.2. The summed E-state index contributed by atoms with van der Waals surface area (Å²) in [7, 11) is 0. The Morgan fingerprint density at radius 3 is 2.79 bits per heavy atom. The number of carbonyl (C=O) groups is 1. The first-order chi connectivity index (χ1) is 11.5. The average molecular weight is 389 g/mol. The Hall–Kier alpha value is -2.47. The van der Waals surface area contributed by atoms with E-state index in [9.17, 15) is 9.18 Å². The monoisotopic (exact) mass is 388 g/mol. The molecular weight excluding hydrogens is 375 g/mol. The predicted molar refractivity (Wildman–Crippen MR) is 93.1 cm³/mol. The quantitative estimate of drug-likeness (QED) is 0.702. The molecule has 0 aliphatic carbocycles. The molecule has 0 radical (unpaired) electrons. The first-order valence-corrected chi connectivity index (χ1v) is 8.09. The topological polar surface area (TPSA) is 55.1 Å². The van der Waals surface area contributed by atoms with E-state index < -0.39 is 0 Å². The van der Waals surface area contributed by atoms with Crippen molar-refractivity contribution >= 4 is 27.5 Å². The molecule has 3 aromatic rings. The minimum Gasteiger partial charge on any atom is -0.441 e. The number of amides is 1. The number of hydrogen-bond acceptors (Lipinski definition) is 3. The SMILES string of the molecule is Cc1oc(-c2cccc(F)c2)nc1CC(=O)Nc1ccccc1Br. The molecule has 0 bridgehead atoms.